The first kappa shape index (κ1) is 11.5. The van der Waals surface area contributed by atoms with Crippen LogP contribution in [0.25, 0.3) is 11.4 Å². The normalized spacial score (nSPS) is 10.4. The van der Waals surface area contributed by atoms with Gasteiger partial charge in [-0.15, -0.1) is 0 Å². The van der Waals surface area contributed by atoms with E-state index < -0.39 is 0 Å². The molecule has 0 saturated carbocycles. The van der Waals surface area contributed by atoms with E-state index in [9.17, 15) is 10.2 Å². The van der Waals surface area contributed by atoms with Gasteiger partial charge in [0.15, 0.2) is 22.5 Å². The molecule has 17 heavy (non-hydrogen) atoms. The van der Waals surface area contributed by atoms with E-state index in [0.29, 0.717) is 10.7 Å². The molecule has 0 bridgehead atoms. The fraction of sp³-hybridized carbons (Fsp3) is 0.100. The van der Waals surface area contributed by atoms with Gasteiger partial charge >= 0.3 is 0 Å². The highest BCUT2D eigenvalue weighted by Gasteiger charge is 2.12. The average Bonchev–Trinajstić information content (AvgIpc) is 2.31. The molecule has 0 unspecified atom stereocenters. The van der Waals surface area contributed by atoms with Crippen LogP contribution in [-0.4, -0.2) is 31.4 Å². The number of aromatic hydroxyl groups is 2. The van der Waals surface area contributed by atoms with Crippen molar-refractivity contribution in [2.24, 2.45) is 0 Å². The molecule has 0 spiro atoms. The summed E-state index contributed by atoms with van der Waals surface area (Å²) in [6.07, 6.45) is 1.81. The van der Waals surface area contributed by atoms with Crippen LogP contribution in [0, 0.1) is 0 Å². The maximum Gasteiger partial charge on any atom is 0.224 e. The number of aromatic nitrogens is 3. The molecule has 0 fully saturated rings. The van der Waals surface area contributed by atoms with Crippen LogP contribution in [0.3, 0.4) is 0 Å². The van der Waals surface area contributed by atoms with Crippen molar-refractivity contribution >= 4 is 17.7 Å². The molecule has 0 aliphatic carbocycles. The third-order valence-corrected chi connectivity index (χ3v) is 2.62. The molecule has 2 rings (SSSR count). The molecular weight excluding hydrogens is 240 g/mol. The number of thioether (sulfide) groups is 1. The van der Waals surface area contributed by atoms with Crippen molar-refractivity contribution in [3.05, 3.63) is 18.2 Å². The summed E-state index contributed by atoms with van der Waals surface area (Å²) >= 11 is 1.32. The third-order valence-electron chi connectivity index (χ3n) is 2.07. The molecule has 1 aromatic heterocycles. The average molecular weight is 250 g/mol. The number of nitrogen functional groups attached to an aromatic ring is 1. The first-order valence-corrected chi connectivity index (χ1v) is 5.91. The van der Waals surface area contributed by atoms with Crippen LogP contribution in [0.4, 0.5) is 5.95 Å². The van der Waals surface area contributed by atoms with Crippen molar-refractivity contribution in [3.8, 4) is 22.9 Å². The van der Waals surface area contributed by atoms with E-state index in [-0.39, 0.29) is 23.3 Å². The van der Waals surface area contributed by atoms with Gasteiger partial charge in [-0.1, -0.05) is 17.8 Å². The summed E-state index contributed by atoms with van der Waals surface area (Å²) in [4.78, 5) is 11.9. The van der Waals surface area contributed by atoms with Crippen molar-refractivity contribution in [2.45, 2.75) is 5.16 Å². The van der Waals surface area contributed by atoms with Crippen molar-refractivity contribution in [2.75, 3.05) is 12.0 Å². The second kappa shape index (κ2) is 4.46. The number of hydrogen-bond acceptors (Lipinski definition) is 7. The minimum atomic E-state index is -0.273. The Kier molecular flexibility index (Phi) is 3.01. The highest BCUT2D eigenvalue weighted by molar-refractivity contribution is 7.98. The number of hydrogen-bond donors (Lipinski definition) is 3. The van der Waals surface area contributed by atoms with Gasteiger partial charge in [-0.3, -0.25) is 0 Å². The number of nitrogens with two attached hydrogens (primary N) is 1. The van der Waals surface area contributed by atoms with Crippen LogP contribution in [-0.2, 0) is 0 Å². The maximum absolute atomic E-state index is 9.71. The summed E-state index contributed by atoms with van der Waals surface area (Å²) in [5.41, 5.74) is 5.86. The van der Waals surface area contributed by atoms with Gasteiger partial charge in [0.1, 0.15) is 0 Å². The monoisotopic (exact) mass is 250 g/mol. The number of rotatable bonds is 2. The van der Waals surface area contributed by atoms with Gasteiger partial charge in [-0.2, -0.15) is 9.97 Å². The van der Waals surface area contributed by atoms with Crippen molar-refractivity contribution in [3.63, 3.8) is 0 Å². The van der Waals surface area contributed by atoms with E-state index in [2.05, 4.69) is 15.0 Å². The van der Waals surface area contributed by atoms with Gasteiger partial charge < -0.3 is 15.9 Å². The largest absolute Gasteiger partial charge is 0.504 e. The molecule has 0 amide bonds. The zero-order chi connectivity index (χ0) is 12.4. The van der Waals surface area contributed by atoms with E-state index in [0.717, 1.165) is 0 Å². The number of anilines is 1. The Morgan fingerprint density at radius 1 is 1.18 bits per heavy atom. The maximum atomic E-state index is 9.71. The molecule has 88 valence electrons. The minimum absolute atomic E-state index is 0.0714. The first-order valence-electron chi connectivity index (χ1n) is 4.68. The van der Waals surface area contributed by atoms with Crippen LogP contribution in [0.15, 0.2) is 23.4 Å². The zero-order valence-electron chi connectivity index (χ0n) is 8.95. The number of para-hydroxylation sites is 1. The Bertz CT molecular complexity index is 562. The van der Waals surface area contributed by atoms with Crippen LogP contribution in [0.1, 0.15) is 0 Å². The van der Waals surface area contributed by atoms with Gasteiger partial charge in [-0.25, -0.2) is 4.98 Å². The Balaban J connectivity index is 2.60. The highest BCUT2D eigenvalue weighted by Crippen LogP contribution is 2.34. The fourth-order valence-electron chi connectivity index (χ4n) is 1.30. The molecule has 7 heteroatoms. The van der Waals surface area contributed by atoms with Crippen LogP contribution in [0.5, 0.6) is 11.5 Å². The summed E-state index contributed by atoms with van der Waals surface area (Å²) in [5.74, 6) is -0.199. The fourth-order valence-corrected chi connectivity index (χ4v) is 1.66. The predicted octanol–water partition coefficient (Wildman–Crippen LogP) is 1.25. The molecule has 0 aliphatic rings. The van der Waals surface area contributed by atoms with Crippen molar-refractivity contribution in [1.82, 2.24) is 15.0 Å². The predicted molar refractivity (Wildman–Crippen MR) is 64.8 cm³/mol. The molecule has 0 atom stereocenters. The second-order valence-corrected chi connectivity index (χ2v) is 3.95. The molecular formula is C10H10N4O2S. The molecule has 4 N–H and O–H groups in total. The summed E-state index contributed by atoms with van der Waals surface area (Å²) in [5, 5.41) is 19.6. The quantitative estimate of drug-likeness (QED) is 0.544. The molecule has 6 nitrogen and oxygen atoms in total. The summed E-state index contributed by atoms with van der Waals surface area (Å²) in [6.45, 7) is 0. The number of phenolic OH excluding ortho intramolecular Hbond substituents is 2. The summed E-state index contributed by atoms with van der Waals surface area (Å²) in [6, 6.07) is 4.55. The van der Waals surface area contributed by atoms with E-state index >= 15 is 0 Å². The highest BCUT2D eigenvalue weighted by atomic mass is 32.2. The van der Waals surface area contributed by atoms with Gasteiger partial charge in [0.2, 0.25) is 5.95 Å². The Morgan fingerprint density at radius 3 is 2.65 bits per heavy atom. The molecule has 0 aliphatic heterocycles. The number of benzene rings is 1. The summed E-state index contributed by atoms with van der Waals surface area (Å²) < 4.78 is 0. The molecule has 1 aromatic carbocycles. The van der Waals surface area contributed by atoms with Gasteiger partial charge in [-0.05, 0) is 18.4 Å². The second-order valence-electron chi connectivity index (χ2n) is 3.18. The number of nitrogens with zero attached hydrogens (tertiary/aromatic N) is 3. The van der Waals surface area contributed by atoms with Crippen LogP contribution >= 0.6 is 11.8 Å². The van der Waals surface area contributed by atoms with Crippen LogP contribution < -0.4 is 5.73 Å². The third kappa shape index (κ3) is 2.23. The van der Waals surface area contributed by atoms with Crippen LogP contribution in [0.2, 0.25) is 0 Å². The van der Waals surface area contributed by atoms with E-state index in [4.69, 9.17) is 5.73 Å². The smallest absolute Gasteiger partial charge is 0.224 e. The van der Waals surface area contributed by atoms with Gasteiger partial charge in [0.05, 0.1) is 5.56 Å². The first-order chi connectivity index (χ1) is 8.11. The van der Waals surface area contributed by atoms with E-state index in [1.807, 2.05) is 0 Å². The minimum Gasteiger partial charge on any atom is -0.504 e. The van der Waals surface area contributed by atoms with E-state index in [1.54, 1.807) is 18.4 Å². The Labute approximate surface area is 102 Å². The standard InChI is InChI=1S/C10H10N4O2S/c1-17-10-13-8(12-9(11)14-10)5-3-2-4-6(15)7(5)16/h2-4,15-16H,1H3,(H2,11,12,13,14). The lowest BCUT2D eigenvalue weighted by atomic mass is 10.2. The van der Waals surface area contributed by atoms with E-state index in [1.165, 1.54) is 17.8 Å². The lowest BCUT2D eigenvalue weighted by molar-refractivity contribution is 0.405. The molecule has 2 aromatic rings. The van der Waals surface area contributed by atoms with Gasteiger partial charge in [0.25, 0.3) is 0 Å². The van der Waals surface area contributed by atoms with Crippen molar-refractivity contribution < 1.29 is 10.2 Å². The lowest BCUT2D eigenvalue weighted by Crippen LogP contribution is -2.01. The Hall–Kier alpha value is -2.02. The molecule has 0 saturated heterocycles. The molecule has 1 heterocycles. The lowest BCUT2D eigenvalue weighted by Gasteiger charge is -2.06. The molecule has 0 radical (unpaired) electrons. The van der Waals surface area contributed by atoms with Crippen molar-refractivity contribution in [1.29, 1.82) is 0 Å². The Morgan fingerprint density at radius 2 is 1.94 bits per heavy atom. The SMILES string of the molecule is CSc1nc(N)nc(-c2cccc(O)c2O)n1. The topological polar surface area (TPSA) is 105 Å². The van der Waals surface area contributed by atoms with Gasteiger partial charge in [0, 0.05) is 0 Å². The zero-order valence-corrected chi connectivity index (χ0v) is 9.77. The summed E-state index contributed by atoms with van der Waals surface area (Å²) in [7, 11) is 0. The number of phenols is 2.